The summed E-state index contributed by atoms with van der Waals surface area (Å²) >= 11 is 0. The molecule has 0 aliphatic carbocycles. The third kappa shape index (κ3) is 5.41. The van der Waals surface area contributed by atoms with Crippen LogP contribution in [0.25, 0.3) is 0 Å². The van der Waals surface area contributed by atoms with Gasteiger partial charge in [0.05, 0.1) is 5.56 Å². The highest BCUT2D eigenvalue weighted by atomic mass is 32.2. The van der Waals surface area contributed by atoms with Gasteiger partial charge in [0, 0.05) is 5.69 Å². The Balaban J connectivity index is 1.90. The van der Waals surface area contributed by atoms with Gasteiger partial charge < -0.3 is 4.74 Å². The molecule has 2 aromatic carbocycles. The lowest BCUT2D eigenvalue weighted by Gasteiger charge is -2.11. The summed E-state index contributed by atoms with van der Waals surface area (Å²) < 4.78 is 81.0. The molecule has 24 heavy (non-hydrogen) atoms. The van der Waals surface area contributed by atoms with Gasteiger partial charge in [-0.25, -0.2) is 12.8 Å². The Morgan fingerprint density at radius 3 is 2.08 bits per heavy atom. The molecule has 0 saturated heterocycles. The Morgan fingerprint density at radius 2 is 1.54 bits per heavy atom. The predicted octanol–water partition coefficient (Wildman–Crippen LogP) is 3.67. The molecular formula is C15H13F4NO3S. The number of sulfonamides is 1. The molecule has 4 nitrogen and oxygen atoms in total. The fourth-order valence-electron chi connectivity index (χ4n) is 1.76. The summed E-state index contributed by atoms with van der Waals surface area (Å²) in [7, 11) is -3.79. The monoisotopic (exact) mass is 363 g/mol. The molecule has 0 amide bonds. The van der Waals surface area contributed by atoms with E-state index in [9.17, 15) is 26.0 Å². The number of ether oxygens (including phenoxy) is 1. The number of benzene rings is 2. The quantitative estimate of drug-likeness (QED) is 0.797. The highest BCUT2D eigenvalue weighted by molar-refractivity contribution is 7.92. The number of anilines is 1. The van der Waals surface area contributed by atoms with Gasteiger partial charge in [-0.15, -0.1) is 0 Å². The predicted molar refractivity (Wildman–Crippen MR) is 80.7 cm³/mol. The molecule has 1 N–H and O–H groups in total. The largest absolute Gasteiger partial charge is 0.492 e. The summed E-state index contributed by atoms with van der Waals surface area (Å²) in [6, 6.07) is 8.67. The molecule has 0 radical (unpaired) electrons. The highest BCUT2D eigenvalue weighted by Crippen LogP contribution is 2.29. The van der Waals surface area contributed by atoms with E-state index in [0.717, 1.165) is 24.3 Å². The molecule has 9 heteroatoms. The normalized spacial score (nSPS) is 12.0. The Hall–Kier alpha value is -2.29. The molecule has 0 unspecified atom stereocenters. The zero-order valence-electron chi connectivity index (χ0n) is 12.2. The smallest absolute Gasteiger partial charge is 0.416 e. The van der Waals surface area contributed by atoms with E-state index in [1.165, 1.54) is 24.3 Å². The molecule has 0 aromatic heterocycles. The Labute approximate surface area is 136 Å². The molecule has 0 spiro atoms. The third-order valence-corrected chi connectivity index (χ3v) is 4.17. The van der Waals surface area contributed by atoms with Gasteiger partial charge in [0.2, 0.25) is 10.0 Å². The van der Waals surface area contributed by atoms with Gasteiger partial charge in [-0.1, -0.05) is 0 Å². The minimum atomic E-state index is -4.49. The summed E-state index contributed by atoms with van der Waals surface area (Å²) in [5, 5.41) is 0. The Kier molecular flexibility index (Phi) is 5.33. The topological polar surface area (TPSA) is 55.4 Å². The van der Waals surface area contributed by atoms with E-state index in [-0.39, 0.29) is 12.3 Å². The minimum absolute atomic E-state index is 0.0183. The van der Waals surface area contributed by atoms with Crippen LogP contribution >= 0.6 is 0 Å². The van der Waals surface area contributed by atoms with Crippen molar-refractivity contribution in [3.05, 3.63) is 59.9 Å². The molecule has 2 rings (SSSR count). The van der Waals surface area contributed by atoms with Crippen molar-refractivity contribution < 1.29 is 30.7 Å². The second-order valence-electron chi connectivity index (χ2n) is 4.80. The molecule has 0 aliphatic heterocycles. The second-order valence-corrected chi connectivity index (χ2v) is 6.64. The van der Waals surface area contributed by atoms with Crippen LogP contribution in [0.1, 0.15) is 5.56 Å². The first-order valence-electron chi connectivity index (χ1n) is 6.72. The first-order chi connectivity index (χ1) is 11.2. The zero-order valence-corrected chi connectivity index (χ0v) is 13.0. The van der Waals surface area contributed by atoms with Crippen molar-refractivity contribution in [3.8, 4) is 5.75 Å². The third-order valence-electron chi connectivity index (χ3n) is 2.92. The summed E-state index contributed by atoms with van der Waals surface area (Å²) in [5.74, 6) is -0.550. The first-order valence-corrected chi connectivity index (χ1v) is 8.37. The average Bonchev–Trinajstić information content (AvgIpc) is 2.48. The molecule has 0 atom stereocenters. The number of hydrogen-bond donors (Lipinski definition) is 1. The van der Waals surface area contributed by atoms with Crippen molar-refractivity contribution >= 4 is 15.7 Å². The van der Waals surface area contributed by atoms with E-state index in [2.05, 4.69) is 4.72 Å². The molecule has 130 valence electrons. The van der Waals surface area contributed by atoms with E-state index in [1.54, 1.807) is 0 Å². The van der Waals surface area contributed by atoms with Crippen LogP contribution in [0, 0.1) is 5.82 Å². The molecule has 0 saturated carbocycles. The number of halogens is 4. The lowest BCUT2D eigenvalue weighted by Crippen LogP contribution is -2.21. The van der Waals surface area contributed by atoms with E-state index < -0.39 is 33.3 Å². The SMILES string of the molecule is O=S(=O)(CCOc1ccc(F)cc1)Nc1ccc(C(F)(F)F)cc1. The van der Waals surface area contributed by atoms with Gasteiger partial charge in [0.1, 0.15) is 23.9 Å². The van der Waals surface area contributed by atoms with E-state index in [4.69, 9.17) is 4.74 Å². The van der Waals surface area contributed by atoms with Gasteiger partial charge in [-0.3, -0.25) is 4.72 Å². The summed E-state index contributed by atoms with van der Waals surface area (Å²) in [6.07, 6.45) is -4.49. The van der Waals surface area contributed by atoms with Gasteiger partial charge in [-0.2, -0.15) is 13.2 Å². The summed E-state index contributed by atoms with van der Waals surface area (Å²) in [5.41, 5.74) is -0.852. The number of alkyl halides is 3. The number of nitrogens with one attached hydrogen (secondary N) is 1. The van der Waals surface area contributed by atoms with Gasteiger partial charge >= 0.3 is 6.18 Å². The van der Waals surface area contributed by atoms with Crippen LogP contribution in [0.4, 0.5) is 23.2 Å². The van der Waals surface area contributed by atoms with Crippen LogP contribution in [0.15, 0.2) is 48.5 Å². The highest BCUT2D eigenvalue weighted by Gasteiger charge is 2.30. The molecule has 0 aliphatic rings. The van der Waals surface area contributed by atoms with Crippen LogP contribution in [0.5, 0.6) is 5.75 Å². The van der Waals surface area contributed by atoms with E-state index in [0.29, 0.717) is 5.75 Å². The Morgan fingerprint density at radius 1 is 0.958 bits per heavy atom. The first kappa shape index (κ1) is 18.1. The maximum absolute atomic E-state index is 12.7. The lowest BCUT2D eigenvalue weighted by atomic mass is 10.2. The maximum atomic E-state index is 12.7. The van der Waals surface area contributed by atoms with Gasteiger partial charge in [0.25, 0.3) is 0 Å². The van der Waals surface area contributed by atoms with Crippen LogP contribution in [0.3, 0.4) is 0 Å². The van der Waals surface area contributed by atoms with Crippen LogP contribution in [-0.4, -0.2) is 20.8 Å². The van der Waals surface area contributed by atoms with Gasteiger partial charge in [-0.05, 0) is 48.5 Å². The molecule has 0 heterocycles. The summed E-state index contributed by atoms with van der Waals surface area (Å²) in [4.78, 5) is 0. The van der Waals surface area contributed by atoms with Crippen molar-refractivity contribution in [2.45, 2.75) is 6.18 Å². The fraction of sp³-hybridized carbons (Fsp3) is 0.200. The van der Waals surface area contributed by atoms with Crippen molar-refractivity contribution in [1.29, 1.82) is 0 Å². The number of rotatable bonds is 6. The molecule has 2 aromatic rings. The lowest BCUT2D eigenvalue weighted by molar-refractivity contribution is -0.137. The number of hydrogen-bond acceptors (Lipinski definition) is 3. The van der Waals surface area contributed by atoms with Crippen molar-refractivity contribution in [3.63, 3.8) is 0 Å². The van der Waals surface area contributed by atoms with Crippen LogP contribution < -0.4 is 9.46 Å². The standard InChI is InChI=1S/C15H13F4NO3S/c16-12-3-7-14(8-4-12)23-9-10-24(21,22)20-13-5-1-11(2-6-13)15(17,18)19/h1-8,20H,9-10H2. The fourth-order valence-corrected chi connectivity index (χ4v) is 2.66. The van der Waals surface area contributed by atoms with Crippen LogP contribution in [-0.2, 0) is 16.2 Å². The average molecular weight is 363 g/mol. The van der Waals surface area contributed by atoms with Crippen LogP contribution in [0.2, 0.25) is 0 Å². The van der Waals surface area contributed by atoms with Crippen molar-refractivity contribution in [2.24, 2.45) is 0 Å². The van der Waals surface area contributed by atoms with Gasteiger partial charge in [0.15, 0.2) is 0 Å². The maximum Gasteiger partial charge on any atom is 0.416 e. The zero-order chi connectivity index (χ0) is 17.8. The second kappa shape index (κ2) is 7.08. The van der Waals surface area contributed by atoms with E-state index in [1.807, 2.05) is 0 Å². The van der Waals surface area contributed by atoms with Crippen molar-refractivity contribution in [2.75, 3.05) is 17.1 Å². The Bertz CT molecular complexity index is 772. The van der Waals surface area contributed by atoms with Crippen molar-refractivity contribution in [1.82, 2.24) is 0 Å². The summed E-state index contributed by atoms with van der Waals surface area (Å²) in [6.45, 7) is -0.193. The molecular weight excluding hydrogens is 350 g/mol. The molecule has 0 bridgehead atoms. The van der Waals surface area contributed by atoms with E-state index >= 15 is 0 Å². The molecule has 0 fully saturated rings. The minimum Gasteiger partial charge on any atom is -0.492 e.